The van der Waals surface area contributed by atoms with Crippen molar-refractivity contribution >= 4 is 11.8 Å². The average Bonchev–Trinajstić information content (AvgIpc) is 2.58. The maximum Gasteiger partial charge on any atom is 0.122 e. The van der Waals surface area contributed by atoms with Crippen LogP contribution in [0.5, 0.6) is 11.5 Å². The second kappa shape index (κ2) is 9.63. The van der Waals surface area contributed by atoms with Crippen LogP contribution < -0.4 is 9.47 Å². The summed E-state index contributed by atoms with van der Waals surface area (Å²) >= 11 is 1.89. The van der Waals surface area contributed by atoms with E-state index in [1.54, 1.807) is 0 Å². The van der Waals surface area contributed by atoms with E-state index >= 15 is 0 Å². The van der Waals surface area contributed by atoms with Gasteiger partial charge in [-0.25, -0.2) is 0 Å². The molecule has 0 aliphatic heterocycles. The van der Waals surface area contributed by atoms with Gasteiger partial charge in [0.05, 0.1) is 0 Å². The highest BCUT2D eigenvalue weighted by Gasteiger charge is 2.01. The second-order valence-corrected chi connectivity index (χ2v) is 7.69. The lowest BCUT2D eigenvalue weighted by atomic mass is 10.0. The monoisotopic (exact) mass is 344 g/mol. The van der Waals surface area contributed by atoms with Crippen molar-refractivity contribution in [3.8, 4) is 11.5 Å². The highest BCUT2D eigenvalue weighted by Crippen LogP contribution is 2.23. The molecule has 2 aromatic rings. The second-order valence-electron chi connectivity index (χ2n) is 6.60. The predicted molar refractivity (Wildman–Crippen MR) is 104 cm³/mol. The summed E-state index contributed by atoms with van der Waals surface area (Å²) in [6.07, 6.45) is 0. The number of ether oxygens (including phenoxy) is 2. The van der Waals surface area contributed by atoms with Gasteiger partial charge in [-0.05, 0) is 53.8 Å². The van der Waals surface area contributed by atoms with Crippen molar-refractivity contribution < 1.29 is 9.47 Å². The molecule has 0 aromatic heterocycles. The van der Waals surface area contributed by atoms with E-state index in [0.717, 1.165) is 17.3 Å². The summed E-state index contributed by atoms with van der Waals surface area (Å²) in [5.41, 5.74) is 1.33. The summed E-state index contributed by atoms with van der Waals surface area (Å²) in [6, 6.07) is 16.6. The van der Waals surface area contributed by atoms with Crippen LogP contribution in [0.15, 0.2) is 53.4 Å². The van der Waals surface area contributed by atoms with Gasteiger partial charge in [-0.1, -0.05) is 39.8 Å². The molecular weight excluding hydrogens is 316 g/mol. The number of rotatable bonds is 9. The molecule has 0 fully saturated rings. The van der Waals surface area contributed by atoms with Gasteiger partial charge in [0.2, 0.25) is 0 Å². The molecule has 0 heterocycles. The van der Waals surface area contributed by atoms with E-state index in [1.165, 1.54) is 10.5 Å². The Morgan fingerprint density at radius 2 is 1.25 bits per heavy atom. The molecule has 0 aliphatic rings. The lowest BCUT2D eigenvalue weighted by molar-refractivity contribution is 0.217. The number of hydrogen-bond acceptors (Lipinski definition) is 3. The Labute approximate surface area is 150 Å². The fourth-order valence-electron chi connectivity index (χ4n) is 2.16. The van der Waals surface area contributed by atoms with Crippen LogP contribution >= 0.6 is 11.8 Å². The Morgan fingerprint density at radius 1 is 0.750 bits per heavy atom. The first-order valence-corrected chi connectivity index (χ1v) is 9.61. The highest BCUT2D eigenvalue weighted by molar-refractivity contribution is 7.99. The summed E-state index contributed by atoms with van der Waals surface area (Å²) in [4.78, 5) is 1.29. The highest BCUT2D eigenvalue weighted by atomic mass is 32.2. The first-order valence-electron chi connectivity index (χ1n) is 8.63. The van der Waals surface area contributed by atoms with Crippen molar-refractivity contribution in [1.29, 1.82) is 0 Å². The zero-order valence-electron chi connectivity index (χ0n) is 15.1. The minimum atomic E-state index is 0.545. The van der Waals surface area contributed by atoms with E-state index in [1.807, 2.05) is 36.0 Å². The molecule has 0 atom stereocenters. The van der Waals surface area contributed by atoms with Gasteiger partial charge in [0.1, 0.15) is 24.7 Å². The van der Waals surface area contributed by atoms with Gasteiger partial charge in [0, 0.05) is 10.6 Å². The summed E-state index contributed by atoms with van der Waals surface area (Å²) in [5.74, 6) is 4.18. The van der Waals surface area contributed by atoms with Crippen molar-refractivity contribution in [2.24, 2.45) is 5.92 Å². The predicted octanol–water partition coefficient (Wildman–Crippen LogP) is 6.02. The zero-order valence-corrected chi connectivity index (χ0v) is 15.9. The Balaban J connectivity index is 1.70. The standard InChI is InChI=1S/C21H28O2S/c1-16(2)15-24-21-11-9-20(10-12-21)23-14-13-22-19-7-5-18(6-8-19)17(3)4/h5-12,16-17H,13-15H2,1-4H3. The zero-order chi connectivity index (χ0) is 17.4. The van der Waals surface area contributed by atoms with Crippen LogP contribution in [-0.4, -0.2) is 19.0 Å². The number of thioether (sulfide) groups is 1. The topological polar surface area (TPSA) is 18.5 Å². The lowest BCUT2D eigenvalue weighted by Gasteiger charge is -2.10. The summed E-state index contributed by atoms with van der Waals surface area (Å²) in [6.45, 7) is 9.95. The Morgan fingerprint density at radius 3 is 1.71 bits per heavy atom. The van der Waals surface area contributed by atoms with E-state index < -0.39 is 0 Å². The van der Waals surface area contributed by atoms with Crippen LogP contribution in [0.3, 0.4) is 0 Å². The van der Waals surface area contributed by atoms with Crippen LogP contribution in [0.4, 0.5) is 0 Å². The van der Waals surface area contributed by atoms with E-state index in [0.29, 0.717) is 25.0 Å². The third-order valence-corrected chi connectivity index (χ3v) is 5.01. The van der Waals surface area contributed by atoms with Crippen molar-refractivity contribution in [3.05, 3.63) is 54.1 Å². The largest absolute Gasteiger partial charge is 0.490 e. The van der Waals surface area contributed by atoms with E-state index in [-0.39, 0.29) is 0 Å². The van der Waals surface area contributed by atoms with Gasteiger partial charge in [-0.2, -0.15) is 0 Å². The van der Waals surface area contributed by atoms with Gasteiger partial charge in [-0.3, -0.25) is 0 Å². The molecule has 0 radical (unpaired) electrons. The first kappa shape index (κ1) is 18.7. The minimum absolute atomic E-state index is 0.545. The molecule has 3 heteroatoms. The minimum Gasteiger partial charge on any atom is -0.490 e. The van der Waals surface area contributed by atoms with Gasteiger partial charge < -0.3 is 9.47 Å². The molecule has 0 saturated heterocycles. The van der Waals surface area contributed by atoms with Crippen LogP contribution in [0.1, 0.15) is 39.2 Å². The quantitative estimate of drug-likeness (QED) is 0.409. The molecule has 2 rings (SSSR count). The van der Waals surface area contributed by atoms with E-state index in [4.69, 9.17) is 9.47 Å². The average molecular weight is 345 g/mol. The maximum absolute atomic E-state index is 5.74. The Hall–Kier alpha value is -1.61. The maximum atomic E-state index is 5.74. The SMILES string of the molecule is CC(C)CSc1ccc(OCCOc2ccc(C(C)C)cc2)cc1. The molecule has 2 nitrogen and oxygen atoms in total. The lowest BCUT2D eigenvalue weighted by Crippen LogP contribution is -2.09. The Bertz CT molecular complexity index is 588. The van der Waals surface area contributed by atoms with E-state index in [2.05, 4.69) is 52.0 Å². The molecule has 2 aromatic carbocycles. The Kier molecular flexibility index (Phi) is 7.51. The van der Waals surface area contributed by atoms with Gasteiger partial charge in [-0.15, -0.1) is 11.8 Å². The van der Waals surface area contributed by atoms with E-state index in [9.17, 15) is 0 Å². The fraction of sp³-hybridized carbons (Fsp3) is 0.429. The van der Waals surface area contributed by atoms with Crippen molar-refractivity contribution in [1.82, 2.24) is 0 Å². The molecule has 0 unspecified atom stereocenters. The first-order chi connectivity index (χ1) is 11.5. The number of hydrogen-bond donors (Lipinski definition) is 0. The van der Waals surface area contributed by atoms with Gasteiger partial charge >= 0.3 is 0 Å². The summed E-state index contributed by atoms with van der Waals surface area (Å²) in [7, 11) is 0. The van der Waals surface area contributed by atoms with Crippen molar-refractivity contribution in [2.45, 2.75) is 38.5 Å². The molecular formula is C21H28O2S. The molecule has 0 N–H and O–H groups in total. The van der Waals surface area contributed by atoms with Crippen LogP contribution in [0.25, 0.3) is 0 Å². The van der Waals surface area contributed by atoms with Crippen molar-refractivity contribution in [2.75, 3.05) is 19.0 Å². The van der Waals surface area contributed by atoms with Crippen LogP contribution in [0, 0.1) is 5.92 Å². The third kappa shape index (κ3) is 6.48. The molecule has 0 saturated carbocycles. The third-order valence-electron chi connectivity index (χ3n) is 3.57. The van der Waals surface area contributed by atoms with Crippen LogP contribution in [0.2, 0.25) is 0 Å². The van der Waals surface area contributed by atoms with Gasteiger partial charge in [0.15, 0.2) is 0 Å². The molecule has 0 aliphatic carbocycles. The molecule has 24 heavy (non-hydrogen) atoms. The summed E-state index contributed by atoms with van der Waals surface area (Å²) in [5, 5.41) is 0. The smallest absolute Gasteiger partial charge is 0.122 e. The van der Waals surface area contributed by atoms with Crippen LogP contribution in [-0.2, 0) is 0 Å². The molecule has 0 spiro atoms. The molecule has 0 amide bonds. The fourth-order valence-corrected chi connectivity index (χ4v) is 3.02. The molecule has 0 bridgehead atoms. The van der Waals surface area contributed by atoms with Crippen molar-refractivity contribution in [3.63, 3.8) is 0 Å². The summed E-state index contributed by atoms with van der Waals surface area (Å²) < 4.78 is 11.5. The normalized spacial score (nSPS) is 11.1. The molecule has 130 valence electrons. The van der Waals surface area contributed by atoms with Gasteiger partial charge in [0.25, 0.3) is 0 Å². The number of benzene rings is 2.